The molecule has 1 aromatic heterocycles. The van der Waals surface area contributed by atoms with E-state index in [1.807, 2.05) is 0 Å². The van der Waals surface area contributed by atoms with Crippen molar-refractivity contribution in [2.45, 2.75) is 6.43 Å². The summed E-state index contributed by atoms with van der Waals surface area (Å²) < 4.78 is 37.0. The van der Waals surface area contributed by atoms with Crippen LogP contribution in [0.2, 0.25) is 0 Å². The molecule has 0 radical (unpaired) electrons. The second kappa shape index (κ2) is 3.52. The van der Waals surface area contributed by atoms with Gasteiger partial charge >= 0.3 is 0 Å². The number of alkyl halides is 2. The van der Waals surface area contributed by atoms with Crippen molar-refractivity contribution in [3.05, 3.63) is 23.3 Å². The minimum atomic E-state index is -3.10. The quantitative estimate of drug-likeness (QED) is 0.756. The summed E-state index contributed by atoms with van der Waals surface area (Å²) in [5.41, 5.74) is 2.68. The Kier molecular flexibility index (Phi) is 2.59. The van der Waals surface area contributed by atoms with E-state index in [1.165, 1.54) is 0 Å². The molecule has 3 N–H and O–H groups in total. The lowest BCUT2D eigenvalue weighted by Gasteiger charge is -2.04. The first-order chi connectivity index (χ1) is 6.43. The van der Waals surface area contributed by atoms with Gasteiger partial charge in [-0.1, -0.05) is 0 Å². The largest absolute Gasteiger partial charge is 0.506 e. The first-order valence-corrected chi connectivity index (χ1v) is 3.41. The van der Waals surface area contributed by atoms with Crippen molar-refractivity contribution in [2.75, 3.05) is 0 Å². The van der Waals surface area contributed by atoms with Crippen LogP contribution in [0.1, 0.15) is 22.6 Å². The molecule has 0 bridgehead atoms. The van der Waals surface area contributed by atoms with Gasteiger partial charge in [-0.2, -0.15) is 0 Å². The minimum absolute atomic E-state index is 0.370. The van der Waals surface area contributed by atoms with Crippen LogP contribution in [0.15, 0.2) is 6.07 Å². The van der Waals surface area contributed by atoms with Crippen LogP contribution in [-0.2, 0) is 0 Å². The van der Waals surface area contributed by atoms with Crippen molar-refractivity contribution in [1.29, 1.82) is 0 Å². The maximum Gasteiger partial charge on any atom is 0.284 e. The van der Waals surface area contributed by atoms with Crippen LogP contribution in [0.3, 0.4) is 0 Å². The van der Waals surface area contributed by atoms with E-state index in [9.17, 15) is 18.0 Å². The number of nitrogens with zero attached hydrogens (tertiary/aromatic N) is 1. The summed E-state index contributed by atoms with van der Waals surface area (Å²) in [6.07, 6.45) is -3.10. The Bertz CT molecular complexity index is 381. The zero-order chi connectivity index (χ0) is 10.9. The van der Waals surface area contributed by atoms with Crippen LogP contribution in [0.4, 0.5) is 13.2 Å². The van der Waals surface area contributed by atoms with E-state index in [0.29, 0.717) is 6.07 Å². The normalized spacial score (nSPS) is 10.6. The van der Waals surface area contributed by atoms with E-state index >= 15 is 0 Å². The summed E-state index contributed by atoms with van der Waals surface area (Å²) in [6.45, 7) is 0. The van der Waals surface area contributed by atoms with Crippen LogP contribution in [-0.4, -0.2) is 16.0 Å². The summed E-state index contributed by atoms with van der Waals surface area (Å²) in [7, 11) is 0. The second-order valence-corrected chi connectivity index (χ2v) is 2.39. The molecule has 76 valence electrons. The number of pyridine rings is 1. The third-order valence-corrected chi connectivity index (χ3v) is 1.42. The monoisotopic (exact) mass is 206 g/mol. The Hall–Kier alpha value is -1.79. The number of primary amides is 1. The smallest absolute Gasteiger partial charge is 0.284 e. The summed E-state index contributed by atoms with van der Waals surface area (Å²) in [4.78, 5) is 13.4. The van der Waals surface area contributed by atoms with E-state index in [2.05, 4.69) is 10.7 Å². The number of amides is 1. The number of aromatic hydroxyl groups is 1. The van der Waals surface area contributed by atoms with Gasteiger partial charge in [-0.05, 0) is 0 Å². The third kappa shape index (κ3) is 1.76. The Morgan fingerprint density at radius 2 is 2.14 bits per heavy atom. The number of carbonyl (C=O) groups excluding carboxylic acids is 1. The Balaban J connectivity index is 3.34. The third-order valence-electron chi connectivity index (χ3n) is 1.42. The molecule has 1 amide bonds. The van der Waals surface area contributed by atoms with Crippen LogP contribution >= 0.6 is 0 Å². The molecule has 0 saturated heterocycles. The van der Waals surface area contributed by atoms with Gasteiger partial charge in [-0.3, -0.25) is 4.79 Å². The molecule has 4 nitrogen and oxygen atoms in total. The topological polar surface area (TPSA) is 76.2 Å². The molecule has 0 aliphatic carbocycles. The zero-order valence-corrected chi connectivity index (χ0v) is 6.67. The predicted molar refractivity (Wildman–Crippen MR) is 39.3 cm³/mol. The molecule has 0 spiro atoms. The molecule has 0 unspecified atom stereocenters. The molecule has 0 aromatic carbocycles. The molecule has 7 heteroatoms. The van der Waals surface area contributed by atoms with Crippen molar-refractivity contribution >= 4 is 5.91 Å². The highest BCUT2D eigenvalue weighted by Gasteiger charge is 2.20. The number of aromatic nitrogens is 1. The van der Waals surface area contributed by atoms with Crippen LogP contribution in [0.5, 0.6) is 5.75 Å². The molecule has 1 heterocycles. The maximum atomic E-state index is 12.8. The van der Waals surface area contributed by atoms with E-state index in [0.717, 1.165) is 0 Å². The molecular weight excluding hydrogens is 201 g/mol. The van der Waals surface area contributed by atoms with Crippen LogP contribution < -0.4 is 5.73 Å². The van der Waals surface area contributed by atoms with Crippen molar-refractivity contribution in [1.82, 2.24) is 4.98 Å². The van der Waals surface area contributed by atoms with E-state index < -0.39 is 35.3 Å². The number of hydrogen-bond acceptors (Lipinski definition) is 3. The highest BCUT2D eigenvalue weighted by Crippen LogP contribution is 2.27. The molecule has 0 aliphatic rings. The SMILES string of the molecule is NC(=O)c1nc(C(F)F)c(O)cc1F. The number of rotatable bonds is 2. The molecule has 14 heavy (non-hydrogen) atoms. The maximum absolute atomic E-state index is 12.8. The second-order valence-electron chi connectivity index (χ2n) is 2.39. The van der Waals surface area contributed by atoms with Gasteiger partial charge in [0.1, 0.15) is 11.4 Å². The standard InChI is InChI=1S/C7H5F3N2O2/c8-2-1-3(13)5(6(9)10)12-4(2)7(11)14/h1,6,13H,(H2,11,14). The number of nitrogens with two attached hydrogens (primary N) is 1. The molecule has 0 aliphatic heterocycles. The molecule has 0 atom stereocenters. The Morgan fingerprint density at radius 3 is 2.57 bits per heavy atom. The summed E-state index contributed by atoms with van der Waals surface area (Å²) >= 11 is 0. The highest BCUT2D eigenvalue weighted by molar-refractivity contribution is 5.91. The van der Waals surface area contributed by atoms with Gasteiger partial charge in [0.2, 0.25) is 0 Å². The van der Waals surface area contributed by atoms with E-state index in [1.54, 1.807) is 0 Å². The van der Waals surface area contributed by atoms with Gasteiger partial charge < -0.3 is 10.8 Å². The number of hydrogen-bond donors (Lipinski definition) is 2. The average molecular weight is 206 g/mol. The number of halogens is 3. The molecule has 1 aromatic rings. The highest BCUT2D eigenvalue weighted by atomic mass is 19.3. The fourth-order valence-corrected chi connectivity index (χ4v) is 0.827. The Morgan fingerprint density at radius 1 is 1.57 bits per heavy atom. The fourth-order valence-electron chi connectivity index (χ4n) is 0.827. The fraction of sp³-hybridized carbons (Fsp3) is 0.143. The first-order valence-electron chi connectivity index (χ1n) is 3.41. The van der Waals surface area contributed by atoms with Crippen molar-refractivity contribution < 1.29 is 23.1 Å². The Labute approximate surface area is 76.2 Å². The number of carbonyl (C=O) groups is 1. The van der Waals surface area contributed by atoms with E-state index in [-0.39, 0.29) is 0 Å². The summed E-state index contributed by atoms with van der Waals surface area (Å²) in [5.74, 6) is -3.52. The van der Waals surface area contributed by atoms with Crippen molar-refractivity contribution in [3.63, 3.8) is 0 Å². The van der Waals surface area contributed by atoms with Gasteiger partial charge in [0.15, 0.2) is 11.5 Å². The van der Waals surface area contributed by atoms with E-state index in [4.69, 9.17) is 5.11 Å². The van der Waals surface area contributed by atoms with Gasteiger partial charge in [0.25, 0.3) is 12.3 Å². The van der Waals surface area contributed by atoms with Gasteiger partial charge in [0.05, 0.1) is 0 Å². The lowest BCUT2D eigenvalue weighted by molar-refractivity contribution is 0.0988. The lowest BCUT2D eigenvalue weighted by atomic mass is 10.2. The average Bonchev–Trinajstić information content (AvgIpc) is 2.02. The van der Waals surface area contributed by atoms with Crippen molar-refractivity contribution in [3.8, 4) is 5.75 Å². The van der Waals surface area contributed by atoms with Crippen molar-refractivity contribution in [2.24, 2.45) is 5.73 Å². The molecule has 0 saturated carbocycles. The van der Waals surface area contributed by atoms with Gasteiger partial charge in [-0.25, -0.2) is 18.2 Å². The summed E-state index contributed by atoms with van der Waals surface area (Å²) in [5, 5.41) is 8.83. The first kappa shape index (κ1) is 10.3. The van der Waals surface area contributed by atoms with Gasteiger partial charge in [-0.15, -0.1) is 0 Å². The molecular formula is C7H5F3N2O2. The van der Waals surface area contributed by atoms with Crippen LogP contribution in [0.25, 0.3) is 0 Å². The zero-order valence-electron chi connectivity index (χ0n) is 6.67. The minimum Gasteiger partial charge on any atom is -0.506 e. The van der Waals surface area contributed by atoms with Crippen LogP contribution in [0, 0.1) is 5.82 Å². The molecule has 1 rings (SSSR count). The van der Waals surface area contributed by atoms with Gasteiger partial charge in [0, 0.05) is 6.07 Å². The molecule has 0 fully saturated rings. The lowest BCUT2D eigenvalue weighted by Crippen LogP contribution is -2.16. The summed E-state index contributed by atoms with van der Waals surface area (Å²) in [6, 6.07) is 0.370. The predicted octanol–water partition coefficient (Wildman–Crippen LogP) is 0.963.